The Morgan fingerprint density at radius 3 is 2.25 bits per heavy atom. The molecule has 3 aromatic rings. The van der Waals surface area contributed by atoms with E-state index in [0.29, 0.717) is 30.4 Å². The van der Waals surface area contributed by atoms with Crippen LogP contribution in [0, 0.1) is 6.92 Å². The van der Waals surface area contributed by atoms with Gasteiger partial charge in [-0.2, -0.15) is 13.2 Å². The van der Waals surface area contributed by atoms with Gasteiger partial charge in [0.2, 0.25) is 0 Å². The van der Waals surface area contributed by atoms with Crippen molar-refractivity contribution in [3.63, 3.8) is 0 Å². The van der Waals surface area contributed by atoms with E-state index in [-0.39, 0.29) is 30.7 Å². The van der Waals surface area contributed by atoms with Gasteiger partial charge in [-0.1, -0.05) is 36.4 Å². The smallest absolute Gasteiger partial charge is 0.418 e. The minimum Gasteiger partial charge on any atom is -0.493 e. The molecule has 0 saturated carbocycles. The third-order valence-corrected chi connectivity index (χ3v) is 6.92. The maximum absolute atomic E-state index is 14.2. The summed E-state index contributed by atoms with van der Waals surface area (Å²) in [4.78, 5) is 9.59. The Labute approximate surface area is 209 Å². The number of carbonyl (C=O) groups is 1. The molecular weight excluding hydrogens is 491 g/mol. The number of ether oxygens (including phenoxy) is 1. The van der Waals surface area contributed by atoms with E-state index in [1.54, 1.807) is 6.92 Å². The van der Waals surface area contributed by atoms with E-state index in [4.69, 9.17) is 4.74 Å². The fraction of sp³-hybridized carbons (Fsp3) is 0.296. The van der Waals surface area contributed by atoms with E-state index in [1.165, 1.54) is 30.3 Å². The third kappa shape index (κ3) is 7.58. The number of alkyl halides is 3. The van der Waals surface area contributed by atoms with Gasteiger partial charge >= 0.3 is 6.18 Å². The van der Waals surface area contributed by atoms with E-state index in [9.17, 15) is 26.4 Å². The molecule has 36 heavy (non-hydrogen) atoms. The van der Waals surface area contributed by atoms with Crippen LogP contribution >= 0.6 is 0 Å². The van der Waals surface area contributed by atoms with Gasteiger partial charge < -0.3 is 9.53 Å². The first-order chi connectivity index (χ1) is 17.1. The summed E-state index contributed by atoms with van der Waals surface area (Å²) in [6.07, 6.45) is -1.93. The summed E-state index contributed by atoms with van der Waals surface area (Å²) in [5.41, 5.74) is 0.464. The Kier molecular flexibility index (Phi) is 9.14. The lowest BCUT2D eigenvalue weighted by atomic mass is 9.97. The predicted octanol–water partition coefficient (Wildman–Crippen LogP) is 6.35. The van der Waals surface area contributed by atoms with Crippen molar-refractivity contribution in [3.05, 3.63) is 89.0 Å². The first kappa shape index (κ1) is 27.3. The second-order valence-corrected chi connectivity index (χ2v) is 10.1. The summed E-state index contributed by atoms with van der Waals surface area (Å²) < 4.78 is 76.2. The van der Waals surface area contributed by atoms with Crippen molar-refractivity contribution in [2.45, 2.75) is 50.1 Å². The van der Waals surface area contributed by atoms with Crippen molar-refractivity contribution in [2.24, 2.45) is 0 Å². The molecular formula is C27H28F3NO4S. The molecule has 0 bridgehead atoms. The number of anilines is 1. The Morgan fingerprint density at radius 1 is 0.944 bits per heavy atom. The van der Waals surface area contributed by atoms with Crippen LogP contribution < -0.4 is 9.46 Å². The van der Waals surface area contributed by atoms with Crippen LogP contribution in [0.15, 0.2) is 71.6 Å². The molecule has 192 valence electrons. The average molecular weight is 520 g/mol. The third-order valence-electron chi connectivity index (χ3n) is 5.52. The summed E-state index contributed by atoms with van der Waals surface area (Å²) in [7, 11) is -4.54. The molecule has 0 atom stereocenters. The molecule has 3 rings (SSSR count). The zero-order valence-electron chi connectivity index (χ0n) is 19.8. The molecule has 0 aromatic heterocycles. The predicted molar refractivity (Wildman–Crippen MR) is 133 cm³/mol. The maximum Gasteiger partial charge on any atom is 0.418 e. The highest BCUT2D eigenvalue weighted by atomic mass is 32.2. The minimum absolute atomic E-state index is 0.0325. The van der Waals surface area contributed by atoms with Crippen molar-refractivity contribution in [1.82, 2.24) is 0 Å². The number of benzene rings is 3. The molecule has 3 aromatic carbocycles. The van der Waals surface area contributed by atoms with Gasteiger partial charge in [0.1, 0.15) is 16.9 Å². The Morgan fingerprint density at radius 2 is 1.61 bits per heavy atom. The summed E-state index contributed by atoms with van der Waals surface area (Å²) in [5.74, 6) is 0.407. The monoisotopic (exact) mass is 519 g/mol. The van der Waals surface area contributed by atoms with Crippen LogP contribution in [0.3, 0.4) is 0 Å². The SMILES string of the molecule is Cc1cc(CCCCc2ccccc2)c(C(F)(F)F)c(S(=O)(=O)Nc2ccc(OCCC=O)cc2)c1. The number of halogens is 3. The normalized spacial score (nSPS) is 11.8. The molecule has 0 aliphatic carbocycles. The number of aldehydes is 1. The molecule has 0 saturated heterocycles. The van der Waals surface area contributed by atoms with Crippen molar-refractivity contribution < 1.29 is 31.1 Å². The summed E-state index contributed by atoms with van der Waals surface area (Å²) in [5, 5.41) is 0. The quantitative estimate of drug-likeness (QED) is 0.224. The van der Waals surface area contributed by atoms with E-state index >= 15 is 0 Å². The standard InChI is InChI=1S/C27H28F3NO4S/c1-20-18-22(11-6-5-10-21-8-3-2-4-9-21)26(27(28,29)30)25(19-20)36(33,34)31-23-12-14-24(15-13-23)35-17-7-16-32/h2-4,8-9,12-16,18-19,31H,5-7,10-11,17H2,1H3. The molecule has 0 spiro atoms. The summed E-state index contributed by atoms with van der Waals surface area (Å²) >= 11 is 0. The molecule has 1 N–H and O–H groups in total. The van der Waals surface area contributed by atoms with E-state index < -0.39 is 26.7 Å². The van der Waals surface area contributed by atoms with Gasteiger partial charge in [-0.15, -0.1) is 0 Å². The lowest BCUT2D eigenvalue weighted by Crippen LogP contribution is -2.21. The van der Waals surface area contributed by atoms with Crippen LogP contribution in [0.4, 0.5) is 18.9 Å². The first-order valence-corrected chi connectivity index (χ1v) is 13.0. The zero-order chi connectivity index (χ0) is 26.2. The second-order valence-electron chi connectivity index (χ2n) is 8.42. The number of unbranched alkanes of at least 4 members (excludes halogenated alkanes) is 1. The molecule has 9 heteroatoms. The van der Waals surface area contributed by atoms with Crippen LogP contribution in [-0.4, -0.2) is 21.3 Å². The number of aryl methyl sites for hydroxylation is 3. The molecule has 0 aliphatic rings. The van der Waals surface area contributed by atoms with Crippen molar-refractivity contribution >= 4 is 22.0 Å². The van der Waals surface area contributed by atoms with Crippen molar-refractivity contribution in [1.29, 1.82) is 0 Å². The van der Waals surface area contributed by atoms with Gasteiger partial charge in [0.15, 0.2) is 0 Å². The molecule has 0 aliphatic heterocycles. The highest BCUT2D eigenvalue weighted by Crippen LogP contribution is 2.39. The highest BCUT2D eigenvalue weighted by Gasteiger charge is 2.39. The van der Waals surface area contributed by atoms with Crippen LogP contribution in [0.2, 0.25) is 0 Å². The Bertz CT molecular complexity index is 1260. The number of rotatable bonds is 12. The van der Waals surface area contributed by atoms with Gasteiger partial charge in [-0.3, -0.25) is 4.72 Å². The van der Waals surface area contributed by atoms with Crippen LogP contribution in [0.5, 0.6) is 5.75 Å². The minimum atomic E-state index is -4.84. The largest absolute Gasteiger partial charge is 0.493 e. The van der Waals surface area contributed by atoms with Gasteiger partial charge in [-0.05, 0) is 79.6 Å². The number of hydrogen-bond acceptors (Lipinski definition) is 4. The van der Waals surface area contributed by atoms with E-state index in [0.717, 1.165) is 18.1 Å². The summed E-state index contributed by atoms with van der Waals surface area (Å²) in [6.45, 7) is 1.75. The number of sulfonamides is 1. The van der Waals surface area contributed by atoms with Gasteiger partial charge in [0.05, 0.1) is 12.2 Å². The molecule has 0 unspecified atom stereocenters. The number of carbonyl (C=O) groups excluding carboxylic acids is 1. The lowest BCUT2D eigenvalue weighted by molar-refractivity contribution is -0.140. The highest BCUT2D eigenvalue weighted by molar-refractivity contribution is 7.92. The molecule has 0 radical (unpaired) electrons. The summed E-state index contributed by atoms with van der Waals surface area (Å²) in [6, 6.07) is 17.9. The zero-order valence-corrected chi connectivity index (χ0v) is 20.7. The first-order valence-electron chi connectivity index (χ1n) is 11.5. The molecule has 0 heterocycles. The number of hydrogen-bond donors (Lipinski definition) is 1. The Balaban J connectivity index is 1.81. The lowest BCUT2D eigenvalue weighted by Gasteiger charge is -2.19. The topological polar surface area (TPSA) is 72.5 Å². The van der Waals surface area contributed by atoms with Crippen LogP contribution in [-0.2, 0) is 33.8 Å². The van der Waals surface area contributed by atoms with Crippen molar-refractivity contribution in [3.8, 4) is 5.75 Å². The van der Waals surface area contributed by atoms with Crippen LogP contribution in [0.1, 0.15) is 41.5 Å². The molecule has 0 amide bonds. The van der Waals surface area contributed by atoms with Gasteiger partial charge in [0, 0.05) is 12.1 Å². The molecule has 5 nitrogen and oxygen atoms in total. The fourth-order valence-electron chi connectivity index (χ4n) is 3.90. The second kappa shape index (κ2) is 12.1. The number of nitrogens with one attached hydrogen (secondary N) is 1. The fourth-order valence-corrected chi connectivity index (χ4v) is 5.31. The van der Waals surface area contributed by atoms with Gasteiger partial charge in [-0.25, -0.2) is 8.42 Å². The molecule has 0 fully saturated rings. The van der Waals surface area contributed by atoms with Gasteiger partial charge in [0.25, 0.3) is 10.0 Å². The maximum atomic E-state index is 14.2. The van der Waals surface area contributed by atoms with Crippen molar-refractivity contribution in [2.75, 3.05) is 11.3 Å². The van der Waals surface area contributed by atoms with E-state index in [2.05, 4.69) is 4.72 Å². The van der Waals surface area contributed by atoms with Crippen LogP contribution in [0.25, 0.3) is 0 Å². The Hall–Kier alpha value is -3.33. The average Bonchev–Trinajstić information content (AvgIpc) is 2.82. The van der Waals surface area contributed by atoms with E-state index in [1.807, 2.05) is 30.3 Å².